The molecule has 0 aliphatic heterocycles. The van der Waals surface area contributed by atoms with E-state index in [1.807, 2.05) is 0 Å². The summed E-state index contributed by atoms with van der Waals surface area (Å²) in [6.45, 7) is 6.52. The largest absolute Gasteiger partial charge is 0.462 e. The summed E-state index contributed by atoms with van der Waals surface area (Å²) in [5.41, 5.74) is 0. The van der Waals surface area contributed by atoms with E-state index in [2.05, 4.69) is 81.5 Å². The van der Waals surface area contributed by atoms with Crippen LogP contribution in [0.2, 0.25) is 0 Å². The van der Waals surface area contributed by atoms with Crippen molar-refractivity contribution in [2.75, 3.05) is 13.2 Å². The highest BCUT2D eigenvalue weighted by atomic mass is 16.6. The summed E-state index contributed by atoms with van der Waals surface area (Å²) in [5.74, 6) is -0.879. The van der Waals surface area contributed by atoms with E-state index in [0.29, 0.717) is 19.3 Å². The van der Waals surface area contributed by atoms with Crippen LogP contribution in [0.25, 0.3) is 0 Å². The lowest BCUT2D eigenvalue weighted by Crippen LogP contribution is -2.30. The fraction of sp³-hybridized carbons (Fsp3) is 0.787. The van der Waals surface area contributed by atoms with Crippen LogP contribution in [0.4, 0.5) is 0 Å². The second kappa shape index (κ2) is 55.7. The van der Waals surface area contributed by atoms with E-state index in [1.54, 1.807) is 0 Å². The summed E-state index contributed by atoms with van der Waals surface area (Å²) in [5, 5.41) is 0. The molecule has 6 heteroatoms. The van der Waals surface area contributed by atoms with Crippen LogP contribution >= 0.6 is 0 Å². The van der Waals surface area contributed by atoms with Gasteiger partial charge in [0.05, 0.1) is 0 Å². The lowest BCUT2D eigenvalue weighted by atomic mass is 10.0. The molecule has 0 aromatic rings. The molecular weight excluding hydrogens is 829 g/mol. The number of ether oxygens (including phenoxy) is 3. The SMILES string of the molecule is CC/C=C\C/C=C\C/C=C\CCCCCCCCCC(=O)OC(COC(=O)CCCCCCCCCCC/C=C\C/C=C\CCCCC)COC(=O)CCCCCCCCCCCCCCC. The van der Waals surface area contributed by atoms with Crippen molar-refractivity contribution in [2.24, 2.45) is 0 Å². The van der Waals surface area contributed by atoms with Crippen molar-refractivity contribution in [3.63, 3.8) is 0 Å². The molecule has 0 rings (SSSR count). The van der Waals surface area contributed by atoms with Gasteiger partial charge in [0.2, 0.25) is 0 Å². The first-order chi connectivity index (χ1) is 33.0. The summed E-state index contributed by atoms with van der Waals surface area (Å²) in [4.78, 5) is 38.1. The molecule has 0 heterocycles. The minimum atomic E-state index is -0.779. The first-order valence-corrected chi connectivity index (χ1v) is 28.8. The van der Waals surface area contributed by atoms with E-state index in [-0.39, 0.29) is 31.1 Å². The second-order valence-electron chi connectivity index (χ2n) is 19.2. The average molecular weight is 938 g/mol. The van der Waals surface area contributed by atoms with E-state index in [0.717, 1.165) is 89.9 Å². The summed E-state index contributed by atoms with van der Waals surface area (Å²) >= 11 is 0. The van der Waals surface area contributed by atoms with Crippen LogP contribution in [-0.2, 0) is 28.6 Å². The molecule has 0 fully saturated rings. The minimum Gasteiger partial charge on any atom is -0.462 e. The lowest BCUT2D eigenvalue weighted by molar-refractivity contribution is -0.167. The Hall–Kier alpha value is -2.89. The molecule has 0 aromatic heterocycles. The zero-order chi connectivity index (χ0) is 48.6. The number of esters is 3. The van der Waals surface area contributed by atoms with Gasteiger partial charge in [-0.15, -0.1) is 0 Å². The number of carbonyl (C=O) groups is 3. The van der Waals surface area contributed by atoms with Crippen molar-refractivity contribution < 1.29 is 28.6 Å². The molecule has 0 radical (unpaired) electrons. The number of carbonyl (C=O) groups excluding carboxylic acids is 3. The molecule has 0 N–H and O–H groups in total. The third-order valence-corrected chi connectivity index (χ3v) is 12.5. The zero-order valence-corrected chi connectivity index (χ0v) is 44.4. The Morgan fingerprint density at radius 3 is 0.940 bits per heavy atom. The molecule has 0 bridgehead atoms. The van der Waals surface area contributed by atoms with Gasteiger partial charge >= 0.3 is 17.9 Å². The minimum absolute atomic E-state index is 0.0770. The maximum absolute atomic E-state index is 12.9. The molecule has 0 aliphatic rings. The fourth-order valence-electron chi connectivity index (χ4n) is 8.19. The van der Waals surface area contributed by atoms with Crippen molar-refractivity contribution in [2.45, 2.75) is 297 Å². The van der Waals surface area contributed by atoms with Crippen LogP contribution in [0.3, 0.4) is 0 Å². The standard InChI is InChI=1S/C61H108O6/c1-4-7-10-13-16-19-22-25-27-29-30-32-33-36-39-42-45-48-51-54-60(63)66-57-58(56-65-59(62)53-50-47-44-41-38-35-24-21-18-15-12-9-6-3)67-61(64)55-52-49-46-43-40-37-34-31-28-26-23-20-17-14-11-8-5-2/h8,11,16-17,19-20,25-28,58H,4-7,9-10,12-15,18,21-24,29-57H2,1-3H3/b11-8-,19-16-,20-17-,27-25-,28-26-. The maximum Gasteiger partial charge on any atom is 0.306 e. The number of rotatable bonds is 52. The summed E-state index contributed by atoms with van der Waals surface area (Å²) in [7, 11) is 0. The van der Waals surface area contributed by atoms with Gasteiger partial charge in [-0.05, 0) is 83.5 Å². The van der Waals surface area contributed by atoms with Gasteiger partial charge in [-0.2, -0.15) is 0 Å². The van der Waals surface area contributed by atoms with Crippen LogP contribution in [0.5, 0.6) is 0 Å². The number of allylic oxidation sites excluding steroid dienone is 10. The Morgan fingerprint density at radius 2 is 0.582 bits per heavy atom. The highest BCUT2D eigenvalue weighted by molar-refractivity contribution is 5.71. The molecule has 0 aliphatic carbocycles. The Morgan fingerprint density at radius 1 is 0.313 bits per heavy atom. The van der Waals surface area contributed by atoms with Gasteiger partial charge in [0.1, 0.15) is 13.2 Å². The van der Waals surface area contributed by atoms with E-state index in [9.17, 15) is 14.4 Å². The van der Waals surface area contributed by atoms with Crippen molar-refractivity contribution in [3.8, 4) is 0 Å². The molecule has 0 saturated carbocycles. The molecule has 0 spiro atoms. The quantitative estimate of drug-likeness (QED) is 0.0262. The van der Waals surface area contributed by atoms with E-state index >= 15 is 0 Å². The normalized spacial score (nSPS) is 12.5. The monoisotopic (exact) mass is 937 g/mol. The predicted octanol–water partition coefficient (Wildman–Crippen LogP) is 19.2. The first kappa shape index (κ1) is 64.1. The highest BCUT2D eigenvalue weighted by Gasteiger charge is 2.19. The van der Waals surface area contributed by atoms with Crippen LogP contribution < -0.4 is 0 Å². The zero-order valence-electron chi connectivity index (χ0n) is 44.4. The Kier molecular flexibility index (Phi) is 53.3. The van der Waals surface area contributed by atoms with Crippen molar-refractivity contribution >= 4 is 17.9 Å². The first-order valence-electron chi connectivity index (χ1n) is 28.8. The maximum atomic E-state index is 12.9. The van der Waals surface area contributed by atoms with Crippen molar-refractivity contribution in [1.29, 1.82) is 0 Å². The van der Waals surface area contributed by atoms with Crippen molar-refractivity contribution in [1.82, 2.24) is 0 Å². The van der Waals surface area contributed by atoms with Gasteiger partial charge in [-0.3, -0.25) is 14.4 Å². The van der Waals surface area contributed by atoms with Crippen LogP contribution in [0.1, 0.15) is 290 Å². The van der Waals surface area contributed by atoms with Gasteiger partial charge in [-0.25, -0.2) is 0 Å². The molecule has 0 saturated heterocycles. The average Bonchev–Trinajstić information content (AvgIpc) is 3.33. The predicted molar refractivity (Wildman–Crippen MR) is 288 cm³/mol. The third-order valence-electron chi connectivity index (χ3n) is 12.5. The molecule has 1 unspecified atom stereocenters. The van der Waals surface area contributed by atoms with E-state index in [4.69, 9.17) is 14.2 Å². The third kappa shape index (κ3) is 53.9. The smallest absolute Gasteiger partial charge is 0.306 e. The van der Waals surface area contributed by atoms with Crippen LogP contribution in [0, 0.1) is 0 Å². The van der Waals surface area contributed by atoms with Crippen LogP contribution in [0.15, 0.2) is 60.8 Å². The summed E-state index contributed by atoms with van der Waals surface area (Å²) < 4.78 is 16.9. The Labute approximate surface area is 415 Å². The van der Waals surface area contributed by atoms with Gasteiger partial charge in [0.15, 0.2) is 6.10 Å². The molecule has 0 amide bonds. The molecule has 1 atom stereocenters. The van der Waals surface area contributed by atoms with Gasteiger partial charge in [0, 0.05) is 19.3 Å². The molecule has 6 nitrogen and oxygen atoms in total. The topological polar surface area (TPSA) is 78.9 Å². The second-order valence-corrected chi connectivity index (χ2v) is 19.2. The van der Waals surface area contributed by atoms with Crippen molar-refractivity contribution in [3.05, 3.63) is 60.8 Å². The number of unbranched alkanes of at least 4 members (excludes halogenated alkanes) is 31. The summed E-state index contributed by atoms with van der Waals surface area (Å²) in [6, 6.07) is 0. The number of hydrogen-bond acceptors (Lipinski definition) is 6. The lowest BCUT2D eigenvalue weighted by Gasteiger charge is -2.18. The van der Waals surface area contributed by atoms with E-state index < -0.39 is 6.10 Å². The Balaban J connectivity index is 4.36. The molecule has 388 valence electrons. The van der Waals surface area contributed by atoms with Crippen LogP contribution in [-0.4, -0.2) is 37.2 Å². The molecule has 67 heavy (non-hydrogen) atoms. The fourth-order valence-corrected chi connectivity index (χ4v) is 8.19. The van der Waals surface area contributed by atoms with Gasteiger partial charge < -0.3 is 14.2 Å². The molecule has 0 aromatic carbocycles. The highest BCUT2D eigenvalue weighted by Crippen LogP contribution is 2.16. The summed E-state index contributed by atoms with van der Waals surface area (Å²) in [6.07, 6.45) is 69.2. The van der Waals surface area contributed by atoms with Gasteiger partial charge in [-0.1, -0.05) is 248 Å². The van der Waals surface area contributed by atoms with Gasteiger partial charge in [0.25, 0.3) is 0 Å². The van der Waals surface area contributed by atoms with E-state index in [1.165, 1.54) is 161 Å². The molecular formula is C61H108O6. The number of hydrogen-bond donors (Lipinski definition) is 0. The Bertz CT molecular complexity index is 1210.